The van der Waals surface area contributed by atoms with Crippen molar-refractivity contribution in [1.29, 1.82) is 0 Å². The molecular formula is C26H36N4O2. The average molecular weight is 437 g/mol. The summed E-state index contributed by atoms with van der Waals surface area (Å²) in [7, 11) is 0. The number of piperazine rings is 1. The van der Waals surface area contributed by atoms with Crippen LogP contribution in [0.1, 0.15) is 35.2 Å². The molecule has 2 fully saturated rings. The van der Waals surface area contributed by atoms with Crippen molar-refractivity contribution in [2.45, 2.75) is 25.8 Å². The third-order valence-electron chi connectivity index (χ3n) is 6.61. The minimum Gasteiger partial charge on any atom is -0.508 e. The van der Waals surface area contributed by atoms with Crippen molar-refractivity contribution in [3.63, 3.8) is 0 Å². The molecule has 0 aliphatic carbocycles. The van der Waals surface area contributed by atoms with Crippen LogP contribution in [-0.4, -0.2) is 79.6 Å². The number of hydrogen-bond donors (Lipinski definition) is 2. The van der Waals surface area contributed by atoms with Gasteiger partial charge in [-0.2, -0.15) is 0 Å². The number of carbonyl (C=O) groups excluding carboxylic acids is 1. The number of phenols is 1. The molecule has 2 aromatic carbocycles. The molecule has 2 aliphatic heterocycles. The van der Waals surface area contributed by atoms with Gasteiger partial charge in [-0.05, 0) is 55.8 Å². The molecule has 4 rings (SSSR count). The molecule has 6 nitrogen and oxygen atoms in total. The van der Waals surface area contributed by atoms with Gasteiger partial charge in [-0.3, -0.25) is 9.69 Å². The summed E-state index contributed by atoms with van der Waals surface area (Å²) in [5, 5.41) is 12.8. The lowest BCUT2D eigenvalue weighted by molar-refractivity contribution is 0.0989. The number of hydrogen-bond acceptors (Lipinski definition) is 6. The molecule has 0 bridgehead atoms. The first-order chi connectivity index (χ1) is 15.7. The second-order valence-corrected chi connectivity index (χ2v) is 8.98. The van der Waals surface area contributed by atoms with Crippen LogP contribution in [-0.2, 0) is 6.54 Å². The normalized spacial score (nSPS) is 18.1. The van der Waals surface area contributed by atoms with Gasteiger partial charge in [-0.1, -0.05) is 30.7 Å². The number of rotatable bonds is 9. The molecule has 0 spiro atoms. The topological polar surface area (TPSA) is 59.1 Å². The Hall–Kier alpha value is -2.41. The van der Waals surface area contributed by atoms with Crippen molar-refractivity contribution in [3.05, 3.63) is 59.7 Å². The molecule has 0 aromatic heterocycles. The Labute approximate surface area is 191 Å². The van der Waals surface area contributed by atoms with Gasteiger partial charge in [0.2, 0.25) is 0 Å². The fraction of sp³-hybridized carbons (Fsp3) is 0.500. The van der Waals surface area contributed by atoms with Gasteiger partial charge in [-0.25, -0.2) is 0 Å². The van der Waals surface area contributed by atoms with Crippen molar-refractivity contribution in [2.75, 3.05) is 63.8 Å². The van der Waals surface area contributed by atoms with Crippen LogP contribution in [0, 0.1) is 0 Å². The van der Waals surface area contributed by atoms with E-state index in [9.17, 15) is 9.90 Å². The number of ketones is 1. The molecule has 0 radical (unpaired) electrons. The van der Waals surface area contributed by atoms with Crippen molar-refractivity contribution >= 4 is 11.5 Å². The number of benzene rings is 2. The predicted molar refractivity (Wildman–Crippen MR) is 130 cm³/mol. The van der Waals surface area contributed by atoms with Crippen molar-refractivity contribution in [2.24, 2.45) is 0 Å². The SMILES string of the molecule is O=C(CNCCN1CCCCC1)c1ccc(CN2CCN(c3ccc(O)cc3)CC2)cc1. The fourth-order valence-electron chi connectivity index (χ4n) is 4.61. The summed E-state index contributed by atoms with van der Waals surface area (Å²) < 4.78 is 0. The largest absolute Gasteiger partial charge is 0.508 e. The standard InChI is InChI=1S/C26H36N4O2/c31-25-10-8-24(9-11-25)30-18-16-29(17-19-30)21-22-4-6-23(7-5-22)26(32)20-27-12-15-28-13-2-1-3-14-28/h4-11,27,31H,1-3,12-21H2. The summed E-state index contributed by atoms with van der Waals surface area (Å²) >= 11 is 0. The van der Waals surface area contributed by atoms with Crippen molar-refractivity contribution < 1.29 is 9.90 Å². The van der Waals surface area contributed by atoms with Crippen molar-refractivity contribution in [1.82, 2.24) is 15.1 Å². The molecule has 32 heavy (non-hydrogen) atoms. The van der Waals surface area contributed by atoms with Crippen LogP contribution >= 0.6 is 0 Å². The zero-order valence-electron chi connectivity index (χ0n) is 19.0. The highest BCUT2D eigenvalue weighted by atomic mass is 16.3. The Kier molecular flexibility index (Phi) is 8.15. The number of phenolic OH excluding ortho intramolecular Hbond substituents is 1. The minimum atomic E-state index is 0.165. The summed E-state index contributed by atoms with van der Waals surface area (Å²) in [4.78, 5) is 19.8. The molecular weight excluding hydrogens is 400 g/mol. The molecule has 2 N–H and O–H groups in total. The lowest BCUT2D eigenvalue weighted by atomic mass is 10.1. The zero-order valence-corrected chi connectivity index (χ0v) is 19.0. The number of likely N-dealkylation sites (tertiary alicyclic amines) is 1. The Balaban J connectivity index is 1.17. The summed E-state index contributed by atoms with van der Waals surface area (Å²) in [6.07, 6.45) is 3.97. The maximum absolute atomic E-state index is 12.5. The van der Waals surface area contributed by atoms with Crippen LogP contribution < -0.4 is 10.2 Å². The first-order valence-corrected chi connectivity index (χ1v) is 12.0. The zero-order chi connectivity index (χ0) is 22.2. The van der Waals surface area contributed by atoms with E-state index in [1.54, 1.807) is 12.1 Å². The van der Waals surface area contributed by atoms with E-state index in [0.29, 0.717) is 12.3 Å². The molecule has 6 heteroatoms. The quantitative estimate of drug-likeness (QED) is 0.466. The summed E-state index contributed by atoms with van der Waals surface area (Å²) in [5.74, 6) is 0.472. The number of aromatic hydroxyl groups is 1. The maximum atomic E-state index is 12.5. The average Bonchev–Trinajstić information content (AvgIpc) is 2.84. The van der Waals surface area contributed by atoms with E-state index >= 15 is 0 Å². The van der Waals surface area contributed by atoms with E-state index in [-0.39, 0.29) is 5.78 Å². The van der Waals surface area contributed by atoms with Crippen molar-refractivity contribution in [3.8, 4) is 5.75 Å². The fourth-order valence-corrected chi connectivity index (χ4v) is 4.61. The lowest BCUT2D eigenvalue weighted by Gasteiger charge is -2.36. The number of anilines is 1. The predicted octanol–water partition coefficient (Wildman–Crippen LogP) is 2.97. The van der Waals surface area contributed by atoms with E-state index in [1.165, 1.54) is 37.9 Å². The monoisotopic (exact) mass is 436 g/mol. The van der Waals surface area contributed by atoms with E-state index in [1.807, 2.05) is 24.3 Å². The number of carbonyl (C=O) groups is 1. The van der Waals surface area contributed by atoms with Crippen LogP contribution in [0.15, 0.2) is 48.5 Å². The molecule has 0 saturated carbocycles. The van der Waals surface area contributed by atoms with Crippen LogP contribution in [0.4, 0.5) is 5.69 Å². The summed E-state index contributed by atoms with van der Waals surface area (Å²) in [5.41, 5.74) is 3.20. The highest BCUT2D eigenvalue weighted by molar-refractivity contribution is 5.97. The summed E-state index contributed by atoms with van der Waals surface area (Å²) in [6.45, 7) is 9.58. The molecule has 0 atom stereocenters. The second-order valence-electron chi connectivity index (χ2n) is 8.98. The Morgan fingerprint density at radius 3 is 2.19 bits per heavy atom. The summed E-state index contributed by atoms with van der Waals surface area (Å²) in [6, 6.07) is 15.6. The van der Waals surface area contributed by atoms with E-state index < -0.39 is 0 Å². The number of nitrogens with one attached hydrogen (secondary N) is 1. The van der Waals surface area contributed by atoms with Crippen LogP contribution in [0.25, 0.3) is 0 Å². The van der Waals surface area contributed by atoms with E-state index in [4.69, 9.17) is 0 Å². The van der Waals surface area contributed by atoms with Crippen LogP contribution in [0.5, 0.6) is 5.75 Å². The van der Waals surface area contributed by atoms with Gasteiger partial charge in [0.05, 0.1) is 6.54 Å². The first-order valence-electron chi connectivity index (χ1n) is 12.0. The molecule has 172 valence electrons. The Morgan fingerprint density at radius 1 is 0.812 bits per heavy atom. The lowest BCUT2D eigenvalue weighted by Crippen LogP contribution is -2.45. The molecule has 0 amide bonds. The van der Waals surface area contributed by atoms with Gasteiger partial charge in [0.25, 0.3) is 0 Å². The number of nitrogens with zero attached hydrogens (tertiary/aromatic N) is 3. The van der Waals surface area contributed by atoms with Gasteiger partial charge in [0.15, 0.2) is 5.78 Å². The smallest absolute Gasteiger partial charge is 0.176 e. The van der Waals surface area contributed by atoms with Gasteiger partial charge < -0.3 is 20.2 Å². The highest BCUT2D eigenvalue weighted by Crippen LogP contribution is 2.20. The third kappa shape index (κ3) is 6.55. The van der Waals surface area contributed by atoms with Crippen LogP contribution in [0.2, 0.25) is 0 Å². The molecule has 2 heterocycles. The van der Waals surface area contributed by atoms with Gasteiger partial charge in [0, 0.05) is 57.1 Å². The maximum Gasteiger partial charge on any atom is 0.176 e. The Bertz CT molecular complexity index is 839. The van der Waals surface area contributed by atoms with E-state index in [0.717, 1.165) is 57.1 Å². The molecule has 2 saturated heterocycles. The molecule has 0 unspecified atom stereocenters. The van der Waals surface area contributed by atoms with Crippen LogP contribution in [0.3, 0.4) is 0 Å². The number of Topliss-reactive ketones (excluding diaryl/α,β-unsaturated/α-hetero) is 1. The minimum absolute atomic E-state index is 0.165. The van der Waals surface area contributed by atoms with E-state index in [2.05, 4.69) is 32.1 Å². The Morgan fingerprint density at radius 2 is 1.50 bits per heavy atom. The van der Waals surface area contributed by atoms with Gasteiger partial charge in [0.1, 0.15) is 5.75 Å². The number of piperidine rings is 1. The van der Waals surface area contributed by atoms with Gasteiger partial charge in [-0.15, -0.1) is 0 Å². The first kappa shape index (κ1) is 22.8. The second kappa shape index (κ2) is 11.5. The molecule has 2 aliphatic rings. The molecule has 2 aromatic rings. The third-order valence-corrected chi connectivity index (χ3v) is 6.61. The van der Waals surface area contributed by atoms with Gasteiger partial charge >= 0.3 is 0 Å². The highest BCUT2D eigenvalue weighted by Gasteiger charge is 2.17.